The number of rotatable bonds is 5. The topological polar surface area (TPSA) is 51.6 Å². The highest BCUT2D eigenvalue weighted by Crippen LogP contribution is 2.40. The lowest BCUT2D eigenvalue weighted by Crippen LogP contribution is -2.01. The van der Waals surface area contributed by atoms with Crippen LogP contribution in [0.3, 0.4) is 0 Å². The largest absolute Gasteiger partial charge is 0.247 e. The predicted molar refractivity (Wildman–Crippen MR) is 267 cm³/mol. The summed E-state index contributed by atoms with van der Waals surface area (Å²) in [6.07, 6.45) is 0. The molecular weight excluding hydrogens is 777 g/mol. The zero-order chi connectivity index (χ0) is 42.1. The molecule has 4 nitrogen and oxygen atoms in total. The van der Waals surface area contributed by atoms with Crippen molar-refractivity contribution in [3.05, 3.63) is 218 Å². The number of para-hydroxylation sites is 1. The average Bonchev–Trinajstić information content (AvgIpc) is 3.37. The SMILES string of the molecule is c1cc(-c2ccc(-c3nc(-c4cc5ccccc5c5ccccc45)nc(-c4cc5ccccc5c5ccccc45)n3)cc2)cc(-c2nc3ccccc3c3c2ccc2ccccc23)c1. The van der Waals surface area contributed by atoms with E-state index in [-0.39, 0.29) is 0 Å². The maximum Gasteiger partial charge on any atom is 0.164 e. The lowest BCUT2D eigenvalue weighted by molar-refractivity contribution is 1.08. The summed E-state index contributed by atoms with van der Waals surface area (Å²) in [6.45, 7) is 0. The highest BCUT2D eigenvalue weighted by Gasteiger charge is 2.19. The van der Waals surface area contributed by atoms with Crippen LogP contribution in [0.5, 0.6) is 0 Å². The molecule has 0 aliphatic carbocycles. The fraction of sp³-hybridized carbons (Fsp3) is 0. The highest BCUT2D eigenvalue weighted by molar-refractivity contribution is 6.22. The van der Waals surface area contributed by atoms with Gasteiger partial charge >= 0.3 is 0 Å². The second-order valence-electron chi connectivity index (χ2n) is 16.5. The van der Waals surface area contributed by atoms with Gasteiger partial charge in [-0.3, -0.25) is 0 Å². The second kappa shape index (κ2) is 14.5. The predicted octanol–water partition coefficient (Wildman–Crippen LogP) is 15.7. The minimum absolute atomic E-state index is 0.619. The molecule has 2 heterocycles. The van der Waals surface area contributed by atoms with Gasteiger partial charge in [0.15, 0.2) is 17.5 Å². The molecule has 0 fully saturated rings. The maximum atomic E-state index is 5.35. The molecule has 296 valence electrons. The van der Waals surface area contributed by atoms with E-state index < -0.39 is 0 Å². The third kappa shape index (κ3) is 5.84. The first-order valence-corrected chi connectivity index (χ1v) is 21.7. The van der Waals surface area contributed by atoms with Crippen molar-refractivity contribution in [1.29, 1.82) is 0 Å². The quantitative estimate of drug-likeness (QED) is 0.162. The van der Waals surface area contributed by atoms with E-state index in [4.69, 9.17) is 19.9 Å². The van der Waals surface area contributed by atoms with E-state index in [0.29, 0.717) is 17.5 Å². The number of hydrogen-bond donors (Lipinski definition) is 0. The summed E-state index contributed by atoms with van der Waals surface area (Å²) in [5, 5.41) is 15.2. The van der Waals surface area contributed by atoms with E-state index in [1.54, 1.807) is 0 Å². The third-order valence-corrected chi connectivity index (χ3v) is 12.9. The molecule has 2 aromatic heterocycles. The molecule has 0 aliphatic heterocycles. The molecule has 4 heteroatoms. The van der Waals surface area contributed by atoms with Crippen molar-refractivity contribution in [3.8, 4) is 56.5 Å². The van der Waals surface area contributed by atoms with Gasteiger partial charge in [-0.2, -0.15) is 0 Å². The van der Waals surface area contributed by atoms with Crippen molar-refractivity contribution in [2.45, 2.75) is 0 Å². The Morgan fingerprint density at radius 3 is 1.36 bits per heavy atom. The average molecular weight is 813 g/mol. The zero-order valence-corrected chi connectivity index (χ0v) is 34.6. The fourth-order valence-corrected chi connectivity index (χ4v) is 9.82. The lowest BCUT2D eigenvalue weighted by Gasteiger charge is -2.14. The van der Waals surface area contributed by atoms with Gasteiger partial charge in [0.25, 0.3) is 0 Å². The van der Waals surface area contributed by atoms with E-state index >= 15 is 0 Å². The van der Waals surface area contributed by atoms with E-state index in [1.165, 1.54) is 37.7 Å². The molecule has 0 unspecified atom stereocenters. The molecule has 0 aliphatic rings. The Hall–Kier alpha value is -8.60. The summed E-state index contributed by atoms with van der Waals surface area (Å²) in [4.78, 5) is 21.2. The molecule has 0 bridgehead atoms. The minimum atomic E-state index is 0.619. The van der Waals surface area contributed by atoms with Gasteiger partial charge in [-0.05, 0) is 89.3 Å². The van der Waals surface area contributed by atoms with Crippen molar-refractivity contribution < 1.29 is 0 Å². The lowest BCUT2D eigenvalue weighted by atomic mass is 9.94. The normalized spacial score (nSPS) is 11.8. The van der Waals surface area contributed by atoms with Crippen LogP contribution in [0.15, 0.2) is 218 Å². The van der Waals surface area contributed by atoms with Crippen molar-refractivity contribution in [2.75, 3.05) is 0 Å². The van der Waals surface area contributed by atoms with Crippen LogP contribution in [-0.2, 0) is 0 Å². The molecule has 0 amide bonds. The Kier molecular flexibility index (Phi) is 8.18. The van der Waals surface area contributed by atoms with Crippen LogP contribution >= 0.6 is 0 Å². The molecule has 0 saturated heterocycles. The monoisotopic (exact) mass is 812 g/mol. The van der Waals surface area contributed by atoms with Gasteiger partial charge in [-0.15, -0.1) is 0 Å². The van der Waals surface area contributed by atoms with Crippen LogP contribution in [0, 0.1) is 0 Å². The van der Waals surface area contributed by atoms with E-state index in [0.717, 1.165) is 76.9 Å². The Morgan fingerprint density at radius 1 is 0.234 bits per heavy atom. The van der Waals surface area contributed by atoms with E-state index in [2.05, 4.69) is 218 Å². The van der Waals surface area contributed by atoms with Gasteiger partial charge in [0.1, 0.15) is 0 Å². The van der Waals surface area contributed by atoms with E-state index in [1.807, 2.05) is 0 Å². The van der Waals surface area contributed by atoms with Crippen LogP contribution in [0.4, 0.5) is 0 Å². The summed E-state index contributed by atoms with van der Waals surface area (Å²) in [5.41, 5.74) is 8.10. The molecule has 0 saturated carbocycles. The number of nitrogens with zero attached hydrogens (tertiary/aromatic N) is 4. The molecule has 11 aromatic carbocycles. The minimum Gasteiger partial charge on any atom is -0.247 e. The van der Waals surface area contributed by atoms with Gasteiger partial charge < -0.3 is 0 Å². The second-order valence-corrected chi connectivity index (χ2v) is 16.5. The number of pyridine rings is 1. The van der Waals surface area contributed by atoms with Gasteiger partial charge in [0.05, 0.1) is 11.2 Å². The van der Waals surface area contributed by atoms with Crippen LogP contribution in [0.25, 0.3) is 132 Å². The Bertz CT molecular complexity index is 3870. The number of benzene rings is 11. The van der Waals surface area contributed by atoms with Gasteiger partial charge in [0, 0.05) is 38.4 Å². The Morgan fingerprint density at radius 2 is 0.719 bits per heavy atom. The zero-order valence-electron chi connectivity index (χ0n) is 34.6. The fourth-order valence-electron chi connectivity index (χ4n) is 9.82. The maximum absolute atomic E-state index is 5.35. The molecule has 13 aromatic rings. The Balaban J connectivity index is 0.968. The summed E-state index contributed by atoms with van der Waals surface area (Å²) >= 11 is 0. The van der Waals surface area contributed by atoms with Crippen molar-refractivity contribution in [2.24, 2.45) is 0 Å². The van der Waals surface area contributed by atoms with Crippen LogP contribution < -0.4 is 0 Å². The smallest absolute Gasteiger partial charge is 0.164 e. The van der Waals surface area contributed by atoms with Crippen molar-refractivity contribution in [1.82, 2.24) is 19.9 Å². The number of hydrogen-bond acceptors (Lipinski definition) is 4. The first-order valence-electron chi connectivity index (χ1n) is 21.7. The summed E-state index contributed by atoms with van der Waals surface area (Å²) in [7, 11) is 0. The molecule has 0 N–H and O–H groups in total. The third-order valence-electron chi connectivity index (χ3n) is 12.9. The molecular formula is C60H36N4. The van der Waals surface area contributed by atoms with Crippen LogP contribution in [0.1, 0.15) is 0 Å². The van der Waals surface area contributed by atoms with Crippen LogP contribution in [0.2, 0.25) is 0 Å². The summed E-state index contributed by atoms with van der Waals surface area (Å²) < 4.78 is 0. The van der Waals surface area contributed by atoms with Crippen molar-refractivity contribution >= 4 is 75.5 Å². The van der Waals surface area contributed by atoms with Crippen molar-refractivity contribution in [3.63, 3.8) is 0 Å². The number of aromatic nitrogens is 4. The standard InChI is InChI=1S/C60H36N4/c1-6-21-46-38(14-1)32-33-52-56(46)51-26-11-12-27-55(51)61-57(52)43-18-13-17-40(34-43)37-28-30-39(31-29-37)58-62-59(53-35-41-15-2-4-19-44(41)47-22-7-9-24-49(47)53)64-60(63-58)54-36-42-16-3-5-20-45(42)48-23-8-10-25-50(48)54/h1-36H. The number of fused-ring (bicyclic) bond motifs is 11. The van der Waals surface area contributed by atoms with E-state index in [9.17, 15) is 0 Å². The molecule has 64 heavy (non-hydrogen) atoms. The first-order chi connectivity index (χ1) is 31.7. The van der Waals surface area contributed by atoms with Gasteiger partial charge in [-0.1, -0.05) is 194 Å². The molecule has 13 rings (SSSR count). The first kappa shape index (κ1) is 36.1. The molecule has 0 spiro atoms. The Labute approximate surface area is 368 Å². The summed E-state index contributed by atoms with van der Waals surface area (Å²) in [6, 6.07) is 77.6. The molecule has 0 radical (unpaired) electrons. The summed E-state index contributed by atoms with van der Waals surface area (Å²) in [5.74, 6) is 1.89. The van der Waals surface area contributed by atoms with Gasteiger partial charge in [-0.25, -0.2) is 19.9 Å². The molecule has 0 atom stereocenters. The van der Waals surface area contributed by atoms with Crippen LogP contribution in [-0.4, -0.2) is 19.9 Å². The highest BCUT2D eigenvalue weighted by atomic mass is 15.0. The van der Waals surface area contributed by atoms with Gasteiger partial charge in [0.2, 0.25) is 0 Å².